The van der Waals surface area contributed by atoms with Crippen molar-refractivity contribution in [1.29, 1.82) is 0 Å². The minimum Gasteiger partial charge on any atom is -0.375 e. The Hall–Kier alpha value is -0.650. The molecule has 2 heterocycles. The third kappa shape index (κ3) is 4.41. The number of nitrogens with one attached hydrogen (secondary N) is 1. The summed E-state index contributed by atoms with van der Waals surface area (Å²) >= 11 is 0. The van der Waals surface area contributed by atoms with Gasteiger partial charge in [0.05, 0.1) is 19.3 Å². The fourth-order valence-electron chi connectivity index (χ4n) is 3.46. The van der Waals surface area contributed by atoms with E-state index in [1.807, 2.05) is 11.8 Å². The standard InChI is InChI=1S/C16H29N3O2/c1-13-10-18(8-9-21-13)16(20)12-19(15-5-6-15)11-14-4-2-3-7-17-14/h13-15,17H,2-12H2,1H3. The minimum absolute atomic E-state index is 0.178. The third-order valence-corrected chi connectivity index (χ3v) is 4.86. The molecule has 1 saturated carbocycles. The van der Waals surface area contributed by atoms with Crippen molar-refractivity contribution in [3.05, 3.63) is 0 Å². The second-order valence-electron chi connectivity index (χ2n) is 6.83. The maximum atomic E-state index is 12.5. The van der Waals surface area contributed by atoms with Gasteiger partial charge in [0.2, 0.25) is 5.91 Å². The number of nitrogens with zero attached hydrogens (tertiary/aromatic N) is 2. The molecule has 3 rings (SSSR count). The summed E-state index contributed by atoms with van der Waals surface area (Å²) in [6, 6.07) is 1.23. The highest BCUT2D eigenvalue weighted by Gasteiger charge is 2.33. The number of morpholine rings is 1. The summed E-state index contributed by atoms with van der Waals surface area (Å²) in [5, 5.41) is 3.61. The lowest BCUT2D eigenvalue weighted by molar-refractivity contribution is -0.139. The van der Waals surface area contributed by atoms with Crippen LogP contribution in [0.25, 0.3) is 0 Å². The summed E-state index contributed by atoms with van der Waals surface area (Å²) < 4.78 is 5.53. The van der Waals surface area contributed by atoms with Gasteiger partial charge in [-0.1, -0.05) is 6.42 Å². The highest BCUT2D eigenvalue weighted by molar-refractivity contribution is 5.78. The van der Waals surface area contributed by atoms with Crippen molar-refractivity contribution in [3.63, 3.8) is 0 Å². The van der Waals surface area contributed by atoms with Crippen molar-refractivity contribution in [3.8, 4) is 0 Å². The Morgan fingerprint density at radius 3 is 2.86 bits per heavy atom. The number of hydrogen-bond acceptors (Lipinski definition) is 4. The summed E-state index contributed by atoms with van der Waals surface area (Å²) in [7, 11) is 0. The largest absolute Gasteiger partial charge is 0.375 e. The number of hydrogen-bond donors (Lipinski definition) is 1. The van der Waals surface area contributed by atoms with Gasteiger partial charge >= 0.3 is 0 Å². The minimum atomic E-state index is 0.178. The van der Waals surface area contributed by atoms with Crippen molar-refractivity contribution in [1.82, 2.24) is 15.1 Å². The number of rotatable bonds is 5. The molecule has 2 saturated heterocycles. The van der Waals surface area contributed by atoms with E-state index in [0.717, 1.165) is 26.2 Å². The fourth-order valence-corrected chi connectivity index (χ4v) is 3.46. The molecular formula is C16H29N3O2. The van der Waals surface area contributed by atoms with Crippen molar-refractivity contribution in [2.75, 3.05) is 39.3 Å². The Morgan fingerprint density at radius 1 is 1.33 bits per heavy atom. The van der Waals surface area contributed by atoms with Crippen LogP contribution in [0.1, 0.15) is 39.0 Å². The molecule has 2 atom stereocenters. The molecule has 1 N–H and O–H groups in total. The molecule has 1 aliphatic carbocycles. The van der Waals surface area contributed by atoms with Gasteiger partial charge < -0.3 is 15.0 Å². The zero-order chi connectivity index (χ0) is 14.7. The molecule has 3 fully saturated rings. The van der Waals surface area contributed by atoms with Crippen molar-refractivity contribution in [2.45, 2.75) is 57.2 Å². The highest BCUT2D eigenvalue weighted by atomic mass is 16.5. The van der Waals surface area contributed by atoms with Crippen LogP contribution < -0.4 is 5.32 Å². The maximum absolute atomic E-state index is 12.5. The van der Waals surface area contributed by atoms with Gasteiger partial charge in [-0.25, -0.2) is 0 Å². The first kappa shape index (κ1) is 15.3. The summed E-state index contributed by atoms with van der Waals surface area (Å²) in [5.41, 5.74) is 0. The van der Waals surface area contributed by atoms with E-state index >= 15 is 0 Å². The van der Waals surface area contributed by atoms with Crippen LogP contribution in [0.5, 0.6) is 0 Å². The average Bonchev–Trinajstić information content (AvgIpc) is 3.32. The van der Waals surface area contributed by atoms with E-state index in [1.54, 1.807) is 0 Å². The van der Waals surface area contributed by atoms with Gasteiger partial charge in [-0.15, -0.1) is 0 Å². The monoisotopic (exact) mass is 295 g/mol. The Bertz CT molecular complexity index is 353. The van der Waals surface area contributed by atoms with Crippen LogP contribution in [-0.4, -0.2) is 73.2 Å². The summed E-state index contributed by atoms with van der Waals surface area (Å²) in [6.07, 6.45) is 6.58. The van der Waals surface area contributed by atoms with Crippen molar-refractivity contribution in [2.24, 2.45) is 0 Å². The molecule has 0 aromatic heterocycles. The Kier molecular flexibility index (Phi) is 5.14. The zero-order valence-electron chi connectivity index (χ0n) is 13.2. The molecule has 0 spiro atoms. The number of ether oxygens (including phenoxy) is 1. The molecule has 0 aromatic rings. The van der Waals surface area contributed by atoms with Gasteiger partial charge in [-0.2, -0.15) is 0 Å². The highest BCUT2D eigenvalue weighted by Crippen LogP contribution is 2.27. The predicted octanol–water partition coefficient (Wildman–Crippen LogP) is 0.840. The van der Waals surface area contributed by atoms with E-state index in [4.69, 9.17) is 4.74 Å². The van der Waals surface area contributed by atoms with E-state index in [9.17, 15) is 4.79 Å². The lowest BCUT2D eigenvalue weighted by Crippen LogP contribution is -2.51. The number of piperidine rings is 1. The number of carbonyl (C=O) groups is 1. The third-order valence-electron chi connectivity index (χ3n) is 4.86. The molecule has 3 aliphatic rings. The molecule has 0 radical (unpaired) electrons. The molecule has 2 aliphatic heterocycles. The van der Waals surface area contributed by atoms with Crippen LogP contribution in [-0.2, 0) is 9.53 Å². The molecule has 0 aromatic carbocycles. The maximum Gasteiger partial charge on any atom is 0.236 e. The van der Waals surface area contributed by atoms with Crippen LogP contribution in [0.2, 0.25) is 0 Å². The quantitative estimate of drug-likeness (QED) is 0.816. The van der Waals surface area contributed by atoms with Crippen molar-refractivity contribution < 1.29 is 9.53 Å². The van der Waals surface area contributed by atoms with Crippen LogP contribution in [0.4, 0.5) is 0 Å². The SMILES string of the molecule is CC1CN(C(=O)CN(CC2CCCCN2)C2CC2)CCO1. The Labute approximate surface area is 128 Å². The van der Waals surface area contributed by atoms with Gasteiger partial charge in [0.15, 0.2) is 0 Å². The fraction of sp³-hybridized carbons (Fsp3) is 0.938. The van der Waals surface area contributed by atoms with Gasteiger partial charge in [0.1, 0.15) is 0 Å². The first-order chi connectivity index (χ1) is 10.2. The molecule has 2 unspecified atom stereocenters. The second kappa shape index (κ2) is 7.07. The van der Waals surface area contributed by atoms with Gasteiger partial charge in [-0.05, 0) is 39.2 Å². The Morgan fingerprint density at radius 2 is 2.19 bits per heavy atom. The van der Waals surface area contributed by atoms with Crippen molar-refractivity contribution >= 4 is 5.91 Å². The lowest BCUT2D eigenvalue weighted by Gasteiger charge is -2.34. The smallest absolute Gasteiger partial charge is 0.236 e. The van der Waals surface area contributed by atoms with Crippen LogP contribution in [0, 0.1) is 0 Å². The zero-order valence-corrected chi connectivity index (χ0v) is 13.2. The summed E-state index contributed by atoms with van der Waals surface area (Å²) in [6.45, 7) is 7.00. The average molecular weight is 295 g/mol. The number of carbonyl (C=O) groups excluding carboxylic acids is 1. The summed E-state index contributed by atoms with van der Waals surface area (Å²) in [4.78, 5) is 16.9. The van der Waals surface area contributed by atoms with E-state index in [0.29, 0.717) is 25.2 Å². The van der Waals surface area contributed by atoms with Crippen LogP contribution in [0.3, 0.4) is 0 Å². The summed E-state index contributed by atoms with van der Waals surface area (Å²) in [5.74, 6) is 0.285. The Balaban J connectivity index is 1.50. The normalized spacial score (nSPS) is 30.7. The molecule has 21 heavy (non-hydrogen) atoms. The first-order valence-corrected chi connectivity index (χ1v) is 8.59. The number of amides is 1. The topological polar surface area (TPSA) is 44.8 Å². The second-order valence-corrected chi connectivity index (χ2v) is 6.83. The molecule has 1 amide bonds. The molecule has 5 nitrogen and oxygen atoms in total. The first-order valence-electron chi connectivity index (χ1n) is 8.59. The predicted molar refractivity (Wildman–Crippen MR) is 82.2 cm³/mol. The molecule has 120 valence electrons. The van der Waals surface area contributed by atoms with Gasteiger partial charge in [0, 0.05) is 31.7 Å². The van der Waals surface area contributed by atoms with E-state index < -0.39 is 0 Å². The molecule has 0 bridgehead atoms. The molecule has 5 heteroatoms. The lowest BCUT2D eigenvalue weighted by atomic mass is 10.0. The van der Waals surface area contributed by atoms with E-state index in [1.165, 1.54) is 32.1 Å². The van der Waals surface area contributed by atoms with Gasteiger partial charge in [0.25, 0.3) is 0 Å². The van der Waals surface area contributed by atoms with E-state index in [2.05, 4.69) is 10.2 Å². The van der Waals surface area contributed by atoms with Gasteiger partial charge in [-0.3, -0.25) is 9.69 Å². The van der Waals surface area contributed by atoms with Crippen LogP contribution in [0.15, 0.2) is 0 Å². The van der Waals surface area contributed by atoms with E-state index in [-0.39, 0.29) is 12.0 Å². The van der Waals surface area contributed by atoms with Crippen LogP contribution >= 0.6 is 0 Å². The molecular weight excluding hydrogens is 266 g/mol.